The number of hydrogen-bond donors (Lipinski definition) is 0. The van der Waals surface area contributed by atoms with Crippen LogP contribution in [-0.4, -0.2) is 0 Å². The van der Waals surface area contributed by atoms with Crippen LogP contribution in [0.1, 0.15) is 6.85 Å². The Labute approximate surface area is 170 Å². The maximum atomic E-state index is 8.49. The third kappa shape index (κ3) is 2.70. The molecule has 27 heavy (non-hydrogen) atoms. The van der Waals surface area contributed by atoms with Gasteiger partial charge in [0.05, 0.1) is 6.85 Å². The van der Waals surface area contributed by atoms with Crippen LogP contribution in [0.5, 0.6) is 0 Å². The molecule has 0 saturated heterocycles. The van der Waals surface area contributed by atoms with E-state index in [0.29, 0.717) is 10.6 Å². The number of rotatable bonds is 2. The van der Waals surface area contributed by atoms with Gasteiger partial charge in [0.25, 0.3) is 0 Å². The highest BCUT2D eigenvalue weighted by atomic mass is 35.5. The molecular weight excluding hydrogens is 348 g/mol. The quantitative estimate of drug-likeness (QED) is 0.277. The fourth-order valence-corrected chi connectivity index (χ4v) is 3.92. The van der Waals surface area contributed by atoms with Crippen molar-refractivity contribution in [2.24, 2.45) is 0 Å². The molecule has 0 unspecified atom stereocenters. The predicted molar refractivity (Wildman–Crippen MR) is 117 cm³/mol. The van der Waals surface area contributed by atoms with Gasteiger partial charge in [-0.05, 0) is 50.4 Å². The molecule has 128 valence electrons. The molecule has 0 radical (unpaired) electrons. The number of hydrogen-bond acceptors (Lipinski definition) is 0. The molecule has 1 heteroatoms. The van der Waals surface area contributed by atoms with Crippen molar-refractivity contribution in [1.29, 1.82) is 0 Å². The molecule has 0 bridgehead atoms. The maximum absolute atomic E-state index is 8.49. The summed E-state index contributed by atoms with van der Waals surface area (Å²) in [6.07, 6.45) is 0. The van der Waals surface area contributed by atoms with Gasteiger partial charge in [0.1, 0.15) is 0 Å². The van der Waals surface area contributed by atoms with Gasteiger partial charge in [-0.15, -0.1) is 0 Å². The van der Waals surface area contributed by atoms with Gasteiger partial charge in [-0.1, -0.05) is 102 Å². The largest absolute Gasteiger partial charge is 0.0836 e. The third-order valence-electron chi connectivity index (χ3n) is 4.82. The van der Waals surface area contributed by atoms with Crippen LogP contribution < -0.4 is 0 Å². The first-order chi connectivity index (χ1) is 15.4. The molecule has 0 aliphatic carbocycles. The maximum Gasteiger partial charge on any atom is 0.0629 e. The lowest BCUT2D eigenvalue weighted by atomic mass is 9.89. The number of fused-ring (bicyclic) bond motifs is 3. The van der Waals surface area contributed by atoms with Crippen LogP contribution >= 0.6 is 11.6 Å². The van der Waals surface area contributed by atoms with E-state index < -0.39 is 6.04 Å². The molecular formula is C26H17Cl. The van der Waals surface area contributed by atoms with E-state index in [0.717, 1.165) is 32.7 Å². The first kappa shape index (κ1) is 11.6. The summed E-state index contributed by atoms with van der Waals surface area (Å²) in [5, 5.41) is 4.58. The average Bonchev–Trinajstić information content (AvgIpc) is 2.82. The molecule has 0 spiro atoms. The van der Waals surface area contributed by atoms with E-state index in [9.17, 15) is 0 Å². The van der Waals surface area contributed by atoms with Crippen molar-refractivity contribution in [3.63, 3.8) is 0 Å². The average molecular weight is 370 g/mol. The fraction of sp³-hybridized carbons (Fsp3) is 0. The highest BCUT2D eigenvalue weighted by Gasteiger charge is 2.14. The Morgan fingerprint density at radius 2 is 1.33 bits per heavy atom. The smallest absolute Gasteiger partial charge is 0.0629 e. The van der Waals surface area contributed by atoms with Crippen molar-refractivity contribution in [1.82, 2.24) is 0 Å². The Bertz CT molecular complexity index is 1510. The van der Waals surface area contributed by atoms with E-state index >= 15 is 0 Å². The molecule has 0 atom stereocenters. The normalized spacial score (nSPS) is 13.7. The van der Waals surface area contributed by atoms with Gasteiger partial charge in [-0.2, -0.15) is 0 Å². The Balaban J connectivity index is 1.94. The van der Waals surface area contributed by atoms with Crippen LogP contribution in [0.2, 0.25) is 5.02 Å². The zero-order valence-electron chi connectivity index (χ0n) is 19.3. The summed E-state index contributed by atoms with van der Waals surface area (Å²) in [5.74, 6) is 0. The molecule has 0 aromatic heterocycles. The molecule has 0 saturated carbocycles. The first-order valence-electron chi connectivity index (χ1n) is 11.2. The lowest BCUT2D eigenvalue weighted by molar-refractivity contribution is 1.60. The summed E-state index contributed by atoms with van der Waals surface area (Å²) in [4.78, 5) is 0. The van der Waals surface area contributed by atoms with Crippen LogP contribution in [0.3, 0.4) is 0 Å². The molecule has 0 amide bonds. The van der Waals surface area contributed by atoms with Gasteiger partial charge in [-0.3, -0.25) is 0 Å². The van der Waals surface area contributed by atoms with E-state index in [1.54, 1.807) is 6.07 Å². The Hall–Kier alpha value is -3.09. The standard InChI is InChI=1S/C26H17Cl/c27-25-16-8-15-23(26(25)18-9-2-1-3-10-18)24-17-19-11-4-5-12-20(19)21-13-6-7-14-22(21)24/h1-17H/i1D,2D,3D,9D,10D. The zero-order chi connectivity index (χ0) is 22.6. The molecule has 0 heterocycles. The van der Waals surface area contributed by atoms with Crippen molar-refractivity contribution in [3.05, 3.63) is 108 Å². The van der Waals surface area contributed by atoms with Crippen molar-refractivity contribution < 1.29 is 6.85 Å². The van der Waals surface area contributed by atoms with E-state index in [-0.39, 0.29) is 29.7 Å². The molecule has 5 rings (SSSR count). The van der Waals surface area contributed by atoms with Crippen LogP contribution in [0, 0.1) is 0 Å². The van der Waals surface area contributed by atoms with Gasteiger partial charge in [0.15, 0.2) is 0 Å². The molecule has 0 N–H and O–H groups in total. The molecule has 0 aliphatic rings. The van der Waals surface area contributed by atoms with E-state index in [2.05, 4.69) is 18.2 Å². The third-order valence-corrected chi connectivity index (χ3v) is 5.14. The fourth-order valence-electron chi connectivity index (χ4n) is 3.65. The van der Waals surface area contributed by atoms with Crippen LogP contribution in [0.4, 0.5) is 0 Å². The Kier molecular flexibility index (Phi) is 2.82. The second-order valence-corrected chi connectivity index (χ2v) is 6.76. The lowest BCUT2D eigenvalue weighted by Gasteiger charge is -2.16. The van der Waals surface area contributed by atoms with E-state index in [1.165, 1.54) is 0 Å². The van der Waals surface area contributed by atoms with Crippen molar-refractivity contribution in [3.8, 4) is 22.3 Å². The van der Waals surface area contributed by atoms with Crippen molar-refractivity contribution in [2.45, 2.75) is 0 Å². The Morgan fingerprint density at radius 3 is 2.15 bits per heavy atom. The molecule has 5 aromatic rings. The monoisotopic (exact) mass is 369 g/mol. The summed E-state index contributed by atoms with van der Waals surface area (Å²) < 4.78 is 41.2. The highest BCUT2D eigenvalue weighted by molar-refractivity contribution is 6.34. The van der Waals surface area contributed by atoms with E-state index in [1.807, 2.05) is 48.5 Å². The summed E-state index contributed by atoms with van der Waals surface area (Å²) in [5.41, 5.74) is 2.15. The van der Waals surface area contributed by atoms with E-state index in [4.69, 9.17) is 18.5 Å². The number of benzene rings is 5. The summed E-state index contributed by atoms with van der Waals surface area (Å²) in [6.45, 7) is 0. The summed E-state index contributed by atoms with van der Waals surface area (Å²) in [6, 6.07) is 21.9. The highest BCUT2D eigenvalue weighted by Crippen LogP contribution is 2.42. The second kappa shape index (κ2) is 6.57. The van der Waals surface area contributed by atoms with Gasteiger partial charge in [-0.25, -0.2) is 0 Å². The van der Waals surface area contributed by atoms with Crippen molar-refractivity contribution in [2.75, 3.05) is 0 Å². The van der Waals surface area contributed by atoms with Crippen LogP contribution in [-0.2, 0) is 0 Å². The second-order valence-electron chi connectivity index (χ2n) is 6.35. The van der Waals surface area contributed by atoms with Gasteiger partial charge < -0.3 is 0 Å². The minimum Gasteiger partial charge on any atom is -0.0836 e. The van der Waals surface area contributed by atoms with Gasteiger partial charge >= 0.3 is 0 Å². The molecule has 0 nitrogen and oxygen atoms in total. The molecule has 0 aliphatic heterocycles. The lowest BCUT2D eigenvalue weighted by Crippen LogP contribution is -1.89. The summed E-state index contributed by atoms with van der Waals surface area (Å²) in [7, 11) is 0. The van der Waals surface area contributed by atoms with Crippen LogP contribution in [0.15, 0.2) is 103 Å². The molecule has 0 fully saturated rings. The SMILES string of the molecule is [2H]c1c([2H])c([2H])c(-c2c(Cl)cccc2-c2cc3ccccc3c3ccccc23)c([2H])c1[2H]. The summed E-state index contributed by atoms with van der Waals surface area (Å²) >= 11 is 6.64. The van der Waals surface area contributed by atoms with Crippen LogP contribution in [0.25, 0.3) is 43.8 Å². The minimum absolute atomic E-state index is 0.105. The van der Waals surface area contributed by atoms with Crippen molar-refractivity contribution >= 4 is 33.1 Å². The zero-order valence-corrected chi connectivity index (χ0v) is 15.1. The van der Waals surface area contributed by atoms with Gasteiger partial charge in [0, 0.05) is 10.6 Å². The first-order valence-corrected chi connectivity index (χ1v) is 9.04. The Morgan fingerprint density at radius 1 is 0.630 bits per heavy atom. The van der Waals surface area contributed by atoms with Gasteiger partial charge in [0.2, 0.25) is 0 Å². The molecule has 5 aromatic carbocycles. The predicted octanol–water partition coefficient (Wildman–Crippen LogP) is 7.98. The minimum atomic E-state index is -0.423. The topological polar surface area (TPSA) is 0 Å². The number of halogens is 1.